The summed E-state index contributed by atoms with van der Waals surface area (Å²) in [5, 5.41) is 3.70. The number of nitrogens with one attached hydrogen (secondary N) is 1. The fraction of sp³-hybridized carbons (Fsp3) is 0.667. The van der Waals surface area contributed by atoms with E-state index in [0.717, 1.165) is 18.5 Å². The summed E-state index contributed by atoms with van der Waals surface area (Å²) in [7, 11) is 0. The van der Waals surface area contributed by atoms with Crippen molar-refractivity contribution in [3.05, 3.63) is 29.6 Å². The van der Waals surface area contributed by atoms with Crippen LogP contribution in [0, 0.1) is 12.8 Å². The Bertz CT molecular complexity index is 341. The smallest absolute Gasteiger partial charge is 0.0300 e. The summed E-state index contributed by atoms with van der Waals surface area (Å²) in [6.45, 7) is 5.45. The van der Waals surface area contributed by atoms with Gasteiger partial charge in [0.2, 0.25) is 0 Å². The molecule has 94 valence electrons. The molecule has 0 spiro atoms. The minimum absolute atomic E-state index is 0.727. The fourth-order valence-corrected chi connectivity index (χ4v) is 2.73. The van der Waals surface area contributed by atoms with Crippen molar-refractivity contribution in [2.45, 2.75) is 58.5 Å². The maximum absolute atomic E-state index is 4.13. The average molecular weight is 232 g/mol. The molecule has 0 aromatic carbocycles. The Kier molecular flexibility index (Phi) is 4.55. The Morgan fingerprint density at radius 3 is 2.71 bits per heavy atom. The molecular formula is C15H24N2. The first-order valence-electron chi connectivity index (χ1n) is 6.92. The van der Waals surface area contributed by atoms with E-state index < -0.39 is 0 Å². The Labute approximate surface area is 105 Å². The number of rotatable bonds is 4. The predicted octanol–water partition coefficient (Wildman–Crippen LogP) is 3.45. The van der Waals surface area contributed by atoms with Crippen molar-refractivity contribution in [1.82, 2.24) is 10.3 Å². The highest BCUT2D eigenvalue weighted by Gasteiger charge is 2.19. The van der Waals surface area contributed by atoms with Gasteiger partial charge < -0.3 is 5.32 Å². The first-order chi connectivity index (χ1) is 8.29. The van der Waals surface area contributed by atoms with Crippen molar-refractivity contribution in [3.8, 4) is 0 Å². The minimum atomic E-state index is 0.727. The Morgan fingerprint density at radius 2 is 2.06 bits per heavy atom. The van der Waals surface area contributed by atoms with E-state index >= 15 is 0 Å². The van der Waals surface area contributed by atoms with Crippen LogP contribution in [0.1, 0.15) is 50.2 Å². The maximum atomic E-state index is 4.13. The van der Waals surface area contributed by atoms with Gasteiger partial charge in [-0.1, -0.05) is 13.3 Å². The van der Waals surface area contributed by atoms with Gasteiger partial charge in [-0.05, 0) is 55.7 Å². The third kappa shape index (κ3) is 3.53. The van der Waals surface area contributed by atoms with Gasteiger partial charge in [-0.25, -0.2) is 0 Å². The standard InChI is InChI=1S/C15H24N2/c1-3-13-4-6-15(7-5-13)17-11-14-8-9-16-10-12(14)2/h8-10,13,15,17H,3-7,11H2,1-2H3. The van der Waals surface area contributed by atoms with Crippen LogP contribution in [0.3, 0.4) is 0 Å². The van der Waals surface area contributed by atoms with Crippen molar-refractivity contribution in [2.24, 2.45) is 5.92 Å². The highest BCUT2D eigenvalue weighted by Crippen LogP contribution is 2.26. The number of pyridine rings is 1. The van der Waals surface area contributed by atoms with Gasteiger partial charge in [-0.15, -0.1) is 0 Å². The SMILES string of the molecule is CCC1CCC(NCc2ccncc2C)CC1. The van der Waals surface area contributed by atoms with Crippen LogP contribution in [0.15, 0.2) is 18.5 Å². The van der Waals surface area contributed by atoms with Crippen molar-refractivity contribution >= 4 is 0 Å². The van der Waals surface area contributed by atoms with Crippen LogP contribution in [0.2, 0.25) is 0 Å². The summed E-state index contributed by atoms with van der Waals surface area (Å²) in [4.78, 5) is 4.13. The predicted molar refractivity (Wildman–Crippen MR) is 71.9 cm³/mol. The monoisotopic (exact) mass is 232 g/mol. The zero-order chi connectivity index (χ0) is 12.1. The molecule has 0 bridgehead atoms. The van der Waals surface area contributed by atoms with Crippen molar-refractivity contribution in [1.29, 1.82) is 0 Å². The van der Waals surface area contributed by atoms with Crippen molar-refractivity contribution in [3.63, 3.8) is 0 Å². The number of hydrogen-bond acceptors (Lipinski definition) is 2. The van der Waals surface area contributed by atoms with E-state index in [1.165, 1.54) is 43.2 Å². The van der Waals surface area contributed by atoms with Gasteiger partial charge in [0, 0.05) is 25.0 Å². The van der Waals surface area contributed by atoms with Crippen LogP contribution >= 0.6 is 0 Å². The lowest BCUT2D eigenvalue weighted by Crippen LogP contribution is -2.32. The highest BCUT2D eigenvalue weighted by molar-refractivity contribution is 5.21. The normalized spacial score (nSPS) is 24.8. The zero-order valence-corrected chi connectivity index (χ0v) is 11.1. The molecular weight excluding hydrogens is 208 g/mol. The van der Waals surface area contributed by atoms with E-state index in [4.69, 9.17) is 0 Å². The van der Waals surface area contributed by atoms with Crippen LogP contribution in [0.5, 0.6) is 0 Å². The molecule has 2 heteroatoms. The summed E-state index contributed by atoms with van der Waals surface area (Å²) >= 11 is 0. The van der Waals surface area contributed by atoms with Gasteiger partial charge in [0.15, 0.2) is 0 Å². The molecule has 1 aromatic rings. The highest BCUT2D eigenvalue weighted by atomic mass is 14.9. The van der Waals surface area contributed by atoms with E-state index in [0.29, 0.717) is 0 Å². The van der Waals surface area contributed by atoms with Gasteiger partial charge in [-0.3, -0.25) is 4.98 Å². The summed E-state index contributed by atoms with van der Waals surface area (Å²) in [5.41, 5.74) is 2.68. The molecule has 1 fully saturated rings. The van der Waals surface area contributed by atoms with Crippen LogP contribution in [0.25, 0.3) is 0 Å². The minimum Gasteiger partial charge on any atom is -0.310 e. The van der Waals surface area contributed by atoms with Crippen LogP contribution < -0.4 is 5.32 Å². The van der Waals surface area contributed by atoms with E-state index in [-0.39, 0.29) is 0 Å². The lowest BCUT2D eigenvalue weighted by molar-refractivity contribution is 0.285. The summed E-state index contributed by atoms with van der Waals surface area (Å²) < 4.78 is 0. The third-order valence-electron chi connectivity index (χ3n) is 4.14. The van der Waals surface area contributed by atoms with Gasteiger partial charge >= 0.3 is 0 Å². The summed E-state index contributed by atoms with van der Waals surface area (Å²) in [5.74, 6) is 0.982. The molecule has 0 amide bonds. The van der Waals surface area contributed by atoms with Crippen molar-refractivity contribution < 1.29 is 0 Å². The molecule has 0 unspecified atom stereocenters. The molecule has 1 heterocycles. The van der Waals surface area contributed by atoms with E-state index in [9.17, 15) is 0 Å². The van der Waals surface area contributed by atoms with Gasteiger partial charge in [0.25, 0.3) is 0 Å². The number of hydrogen-bond donors (Lipinski definition) is 1. The van der Waals surface area contributed by atoms with Gasteiger partial charge in [0.1, 0.15) is 0 Å². The number of aromatic nitrogens is 1. The van der Waals surface area contributed by atoms with Gasteiger partial charge in [-0.2, -0.15) is 0 Å². The first kappa shape index (κ1) is 12.6. The molecule has 0 aliphatic heterocycles. The quantitative estimate of drug-likeness (QED) is 0.860. The topological polar surface area (TPSA) is 24.9 Å². The molecule has 0 atom stereocenters. The largest absolute Gasteiger partial charge is 0.310 e. The summed E-state index contributed by atoms with van der Waals surface area (Å²) in [6.07, 6.45) is 10.7. The Balaban J connectivity index is 1.78. The lowest BCUT2D eigenvalue weighted by atomic mass is 9.84. The molecule has 0 radical (unpaired) electrons. The van der Waals surface area contributed by atoms with Crippen LogP contribution in [-0.4, -0.2) is 11.0 Å². The molecule has 17 heavy (non-hydrogen) atoms. The number of aryl methyl sites for hydroxylation is 1. The molecule has 1 aliphatic carbocycles. The van der Waals surface area contributed by atoms with E-state index in [1.54, 1.807) is 0 Å². The molecule has 1 aromatic heterocycles. The van der Waals surface area contributed by atoms with E-state index in [2.05, 4.69) is 30.2 Å². The lowest BCUT2D eigenvalue weighted by Gasteiger charge is -2.28. The molecule has 2 nitrogen and oxygen atoms in total. The fourth-order valence-electron chi connectivity index (χ4n) is 2.73. The van der Waals surface area contributed by atoms with Crippen LogP contribution in [-0.2, 0) is 6.54 Å². The van der Waals surface area contributed by atoms with Crippen molar-refractivity contribution in [2.75, 3.05) is 0 Å². The molecule has 1 aliphatic rings. The maximum Gasteiger partial charge on any atom is 0.0300 e. The van der Waals surface area contributed by atoms with E-state index in [1.807, 2.05) is 12.4 Å². The Morgan fingerprint density at radius 1 is 1.29 bits per heavy atom. The van der Waals surface area contributed by atoms with Gasteiger partial charge in [0.05, 0.1) is 0 Å². The zero-order valence-electron chi connectivity index (χ0n) is 11.1. The second kappa shape index (κ2) is 6.15. The molecule has 0 saturated heterocycles. The average Bonchev–Trinajstić information content (AvgIpc) is 2.38. The molecule has 1 N–H and O–H groups in total. The second-order valence-electron chi connectivity index (χ2n) is 5.31. The number of nitrogens with zero attached hydrogens (tertiary/aromatic N) is 1. The molecule has 1 saturated carbocycles. The third-order valence-corrected chi connectivity index (χ3v) is 4.14. The second-order valence-corrected chi connectivity index (χ2v) is 5.31. The Hall–Kier alpha value is -0.890. The van der Waals surface area contributed by atoms with Crippen LogP contribution in [0.4, 0.5) is 0 Å². The first-order valence-corrected chi connectivity index (χ1v) is 6.92. The molecule has 2 rings (SSSR count). The summed E-state index contributed by atoms with van der Waals surface area (Å²) in [6, 6.07) is 2.85.